The maximum absolute atomic E-state index is 12.7. The van der Waals surface area contributed by atoms with Gasteiger partial charge in [-0.15, -0.1) is 0 Å². The van der Waals surface area contributed by atoms with E-state index in [4.69, 9.17) is 9.15 Å². The van der Waals surface area contributed by atoms with Crippen LogP contribution in [0.3, 0.4) is 0 Å². The summed E-state index contributed by atoms with van der Waals surface area (Å²) in [7, 11) is 1.62. The number of ether oxygens (including phenoxy) is 1. The summed E-state index contributed by atoms with van der Waals surface area (Å²) < 4.78 is 11.6. The van der Waals surface area contributed by atoms with Gasteiger partial charge in [0, 0.05) is 25.7 Å². The lowest BCUT2D eigenvalue weighted by atomic mass is 9.97. The van der Waals surface area contributed by atoms with Crippen molar-refractivity contribution < 1.29 is 18.7 Å². The molecular formula is C17H20N2O5. The summed E-state index contributed by atoms with van der Waals surface area (Å²) in [6.45, 7) is 3.07. The summed E-state index contributed by atoms with van der Waals surface area (Å²) in [5.74, 6) is -1.16. The van der Waals surface area contributed by atoms with Gasteiger partial charge in [0.1, 0.15) is 0 Å². The number of hydrogen-bond donors (Lipinski definition) is 0. The van der Waals surface area contributed by atoms with Crippen molar-refractivity contribution in [2.45, 2.75) is 19.8 Å². The molecule has 7 heteroatoms. The summed E-state index contributed by atoms with van der Waals surface area (Å²) in [5, 5.41) is 0. The number of hydrogen-bond acceptors (Lipinski definition) is 5. The third-order valence-corrected chi connectivity index (χ3v) is 4.37. The smallest absolute Gasteiger partial charge is 0.419 e. The van der Waals surface area contributed by atoms with Gasteiger partial charge in [-0.05, 0) is 38.0 Å². The second-order valence-electron chi connectivity index (χ2n) is 5.95. The van der Waals surface area contributed by atoms with E-state index in [0.717, 1.165) is 12.8 Å². The quantitative estimate of drug-likeness (QED) is 0.797. The summed E-state index contributed by atoms with van der Waals surface area (Å²) in [5.41, 5.74) is 1.47. The Morgan fingerprint density at radius 1 is 1.38 bits per heavy atom. The number of carbonyl (C=O) groups excluding carboxylic acids is 2. The van der Waals surface area contributed by atoms with Gasteiger partial charge in [-0.2, -0.15) is 0 Å². The molecule has 0 saturated carbocycles. The average molecular weight is 332 g/mol. The Balaban J connectivity index is 1.80. The third-order valence-electron chi connectivity index (χ3n) is 4.37. The molecule has 0 N–H and O–H groups in total. The van der Waals surface area contributed by atoms with E-state index >= 15 is 0 Å². The Morgan fingerprint density at radius 2 is 2.17 bits per heavy atom. The summed E-state index contributed by atoms with van der Waals surface area (Å²) >= 11 is 0. The SMILES string of the molecule is CCOC(=O)C1CCCN(C(=O)c2ccc3c(c2)oc(=O)n3C)C1. The molecule has 1 aliphatic heterocycles. The Kier molecular flexibility index (Phi) is 4.42. The van der Waals surface area contributed by atoms with E-state index in [1.807, 2.05) is 0 Å². The van der Waals surface area contributed by atoms with Gasteiger partial charge in [-0.25, -0.2) is 4.79 Å². The van der Waals surface area contributed by atoms with Crippen LogP contribution in [0.15, 0.2) is 27.4 Å². The molecule has 2 heterocycles. The van der Waals surface area contributed by atoms with Gasteiger partial charge < -0.3 is 14.1 Å². The van der Waals surface area contributed by atoms with E-state index in [1.54, 1.807) is 37.1 Å². The molecule has 1 fully saturated rings. The first-order valence-electron chi connectivity index (χ1n) is 8.06. The van der Waals surface area contributed by atoms with Crippen molar-refractivity contribution in [3.63, 3.8) is 0 Å². The molecule has 128 valence electrons. The lowest BCUT2D eigenvalue weighted by molar-refractivity contribution is -0.149. The molecule has 0 aliphatic carbocycles. The van der Waals surface area contributed by atoms with Crippen molar-refractivity contribution in [3.05, 3.63) is 34.3 Å². The second kappa shape index (κ2) is 6.51. The molecule has 1 atom stereocenters. The second-order valence-corrected chi connectivity index (χ2v) is 5.95. The van der Waals surface area contributed by atoms with E-state index in [9.17, 15) is 14.4 Å². The van der Waals surface area contributed by atoms with Gasteiger partial charge in [-0.3, -0.25) is 14.2 Å². The van der Waals surface area contributed by atoms with Gasteiger partial charge >= 0.3 is 11.7 Å². The number of likely N-dealkylation sites (tertiary alicyclic amines) is 1. The van der Waals surface area contributed by atoms with Crippen LogP contribution in [0.5, 0.6) is 0 Å². The molecular weight excluding hydrogens is 312 g/mol. The fraction of sp³-hybridized carbons (Fsp3) is 0.471. The van der Waals surface area contributed by atoms with Crippen LogP contribution in [0.2, 0.25) is 0 Å². The number of oxazole rings is 1. The monoisotopic (exact) mass is 332 g/mol. The van der Waals surface area contributed by atoms with Crippen molar-refractivity contribution in [1.29, 1.82) is 0 Å². The molecule has 2 aromatic rings. The Morgan fingerprint density at radius 3 is 2.92 bits per heavy atom. The minimum atomic E-state index is -0.463. The topological polar surface area (TPSA) is 81.8 Å². The molecule has 1 saturated heterocycles. The largest absolute Gasteiger partial charge is 0.466 e. The first-order valence-corrected chi connectivity index (χ1v) is 8.06. The van der Waals surface area contributed by atoms with Crippen molar-refractivity contribution in [3.8, 4) is 0 Å². The molecule has 0 radical (unpaired) electrons. The van der Waals surface area contributed by atoms with Gasteiger partial charge in [0.05, 0.1) is 18.0 Å². The number of aryl methyl sites for hydroxylation is 1. The number of piperidine rings is 1. The Labute approximate surface area is 138 Å². The number of amides is 1. The molecule has 1 amide bonds. The lowest BCUT2D eigenvalue weighted by Gasteiger charge is -2.31. The first kappa shape index (κ1) is 16.3. The molecule has 1 aromatic carbocycles. The number of rotatable bonds is 3. The molecule has 1 aliphatic rings. The lowest BCUT2D eigenvalue weighted by Crippen LogP contribution is -2.42. The number of carbonyl (C=O) groups is 2. The number of aromatic nitrogens is 1. The molecule has 1 aromatic heterocycles. The molecule has 0 bridgehead atoms. The zero-order valence-corrected chi connectivity index (χ0v) is 13.8. The molecule has 3 rings (SSSR count). The maximum Gasteiger partial charge on any atom is 0.419 e. The van der Waals surface area contributed by atoms with E-state index in [0.29, 0.717) is 36.4 Å². The molecule has 7 nitrogen and oxygen atoms in total. The van der Waals surface area contributed by atoms with E-state index in [2.05, 4.69) is 0 Å². The molecule has 1 unspecified atom stereocenters. The Bertz CT molecular complexity index is 835. The van der Waals surface area contributed by atoms with Crippen molar-refractivity contribution >= 4 is 23.0 Å². The average Bonchev–Trinajstić information content (AvgIpc) is 2.88. The number of esters is 1. The number of nitrogens with zero attached hydrogens (tertiary/aromatic N) is 2. The summed E-state index contributed by atoms with van der Waals surface area (Å²) in [6.07, 6.45) is 1.49. The van der Waals surface area contributed by atoms with Crippen LogP contribution >= 0.6 is 0 Å². The van der Waals surface area contributed by atoms with Crippen molar-refractivity contribution in [2.24, 2.45) is 13.0 Å². The normalized spacial score (nSPS) is 17.9. The predicted molar refractivity (Wildman–Crippen MR) is 86.7 cm³/mol. The number of fused-ring (bicyclic) bond motifs is 1. The fourth-order valence-electron chi connectivity index (χ4n) is 3.06. The van der Waals surface area contributed by atoms with E-state index in [-0.39, 0.29) is 17.8 Å². The zero-order chi connectivity index (χ0) is 17.3. The first-order chi connectivity index (χ1) is 11.5. The number of benzene rings is 1. The van der Waals surface area contributed by atoms with Crippen LogP contribution in [-0.4, -0.2) is 41.0 Å². The van der Waals surface area contributed by atoms with Gasteiger partial charge in [0.2, 0.25) is 0 Å². The highest BCUT2D eigenvalue weighted by molar-refractivity contribution is 5.97. The maximum atomic E-state index is 12.7. The van der Waals surface area contributed by atoms with Gasteiger partial charge in [0.15, 0.2) is 5.58 Å². The minimum Gasteiger partial charge on any atom is -0.466 e. The van der Waals surface area contributed by atoms with Crippen molar-refractivity contribution in [2.75, 3.05) is 19.7 Å². The third kappa shape index (κ3) is 2.93. The van der Waals surface area contributed by atoms with Crippen LogP contribution in [0, 0.1) is 5.92 Å². The molecule has 0 spiro atoms. The minimum absolute atomic E-state index is 0.169. The zero-order valence-electron chi connectivity index (χ0n) is 13.8. The van der Waals surface area contributed by atoms with Gasteiger partial charge in [0.25, 0.3) is 5.91 Å². The Hall–Kier alpha value is -2.57. The van der Waals surface area contributed by atoms with Crippen molar-refractivity contribution in [1.82, 2.24) is 9.47 Å². The highest BCUT2D eigenvalue weighted by Gasteiger charge is 2.30. The fourth-order valence-corrected chi connectivity index (χ4v) is 3.06. The van der Waals surface area contributed by atoms with Crippen LogP contribution in [0.1, 0.15) is 30.1 Å². The van der Waals surface area contributed by atoms with Crippen LogP contribution in [0.25, 0.3) is 11.1 Å². The highest BCUT2D eigenvalue weighted by Crippen LogP contribution is 2.21. The summed E-state index contributed by atoms with van der Waals surface area (Å²) in [6, 6.07) is 4.95. The summed E-state index contributed by atoms with van der Waals surface area (Å²) in [4.78, 5) is 37.8. The van der Waals surface area contributed by atoms with Crippen LogP contribution < -0.4 is 5.76 Å². The standard InChI is InChI=1S/C17H20N2O5/c1-3-23-16(21)12-5-4-8-19(10-12)15(20)11-6-7-13-14(9-11)24-17(22)18(13)2/h6-7,9,12H,3-5,8,10H2,1-2H3. The van der Waals surface area contributed by atoms with Gasteiger partial charge in [-0.1, -0.05) is 0 Å². The van der Waals surface area contributed by atoms with Crippen LogP contribution in [-0.2, 0) is 16.6 Å². The van der Waals surface area contributed by atoms with E-state index in [1.165, 1.54) is 4.57 Å². The van der Waals surface area contributed by atoms with Crippen LogP contribution in [0.4, 0.5) is 0 Å². The molecule has 24 heavy (non-hydrogen) atoms. The van der Waals surface area contributed by atoms with E-state index < -0.39 is 5.76 Å². The predicted octanol–water partition coefficient (Wildman–Crippen LogP) is 1.55. The highest BCUT2D eigenvalue weighted by atomic mass is 16.5.